The van der Waals surface area contributed by atoms with Crippen molar-refractivity contribution in [3.8, 4) is 22.6 Å². The predicted molar refractivity (Wildman–Crippen MR) is 134 cm³/mol. The zero-order chi connectivity index (χ0) is 23.1. The SMILES string of the molecule is Cc1ccc(-c2nc3nccc(-c4ccsc4C(=O)Nc4cccc5cccnc45)n3n2)cc1. The number of carbonyl (C=O) groups excluding carboxylic acids is 1. The maximum Gasteiger partial charge on any atom is 0.266 e. The molecular weight excluding hydrogens is 444 g/mol. The molecule has 0 saturated carbocycles. The zero-order valence-electron chi connectivity index (χ0n) is 18.1. The minimum atomic E-state index is -0.202. The first-order chi connectivity index (χ1) is 16.7. The topological polar surface area (TPSA) is 85.1 Å². The van der Waals surface area contributed by atoms with Crippen LogP contribution in [0.3, 0.4) is 0 Å². The van der Waals surface area contributed by atoms with E-state index in [0.717, 1.165) is 27.7 Å². The molecular formula is C26H18N6OS. The van der Waals surface area contributed by atoms with E-state index < -0.39 is 0 Å². The lowest BCUT2D eigenvalue weighted by molar-refractivity contribution is 0.103. The molecule has 4 aromatic heterocycles. The molecule has 8 heteroatoms. The van der Waals surface area contributed by atoms with E-state index in [4.69, 9.17) is 5.10 Å². The molecule has 0 spiro atoms. The summed E-state index contributed by atoms with van der Waals surface area (Å²) in [6, 6.07) is 21.4. The zero-order valence-corrected chi connectivity index (χ0v) is 19.0. The second kappa shape index (κ2) is 8.17. The average Bonchev–Trinajstić information content (AvgIpc) is 3.52. The van der Waals surface area contributed by atoms with Crippen molar-refractivity contribution in [2.75, 3.05) is 5.32 Å². The van der Waals surface area contributed by atoms with Gasteiger partial charge in [-0.3, -0.25) is 9.78 Å². The minimum absolute atomic E-state index is 0.202. The molecule has 0 aliphatic rings. The Labute approximate surface area is 198 Å². The molecule has 4 heterocycles. The van der Waals surface area contributed by atoms with E-state index in [-0.39, 0.29) is 5.91 Å². The third kappa shape index (κ3) is 3.50. The number of nitrogens with zero attached hydrogens (tertiary/aromatic N) is 5. The highest BCUT2D eigenvalue weighted by molar-refractivity contribution is 7.12. The van der Waals surface area contributed by atoms with Crippen molar-refractivity contribution in [3.05, 3.63) is 94.9 Å². The molecule has 0 aliphatic heterocycles. The Kier molecular flexibility index (Phi) is 4.85. The third-order valence-corrected chi connectivity index (χ3v) is 6.49. The van der Waals surface area contributed by atoms with E-state index in [1.807, 2.05) is 79.0 Å². The van der Waals surface area contributed by atoms with Gasteiger partial charge in [-0.25, -0.2) is 4.98 Å². The van der Waals surface area contributed by atoms with Gasteiger partial charge in [0.05, 0.1) is 16.9 Å². The molecule has 2 aromatic carbocycles. The Bertz CT molecular complexity index is 1660. The fourth-order valence-electron chi connectivity index (χ4n) is 3.89. The summed E-state index contributed by atoms with van der Waals surface area (Å²) in [7, 11) is 0. The summed E-state index contributed by atoms with van der Waals surface area (Å²) in [6.07, 6.45) is 3.41. The molecule has 1 N–H and O–H groups in total. The number of carbonyl (C=O) groups is 1. The van der Waals surface area contributed by atoms with Crippen LogP contribution in [0.2, 0.25) is 0 Å². The first-order valence-corrected chi connectivity index (χ1v) is 11.6. The molecule has 7 nitrogen and oxygen atoms in total. The molecule has 0 aliphatic carbocycles. The minimum Gasteiger partial charge on any atom is -0.319 e. The fraction of sp³-hybridized carbons (Fsp3) is 0.0385. The lowest BCUT2D eigenvalue weighted by atomic mass is 10.1. The summed E-state index contributed by atoms with van der Waals surface area (Å²) in [6.45, 7) is 2.04. The van der Waals surface area contributed by atoms with Crippen LogP contribution in [0.4, 0.5) is 5.69 Å². The van der Waals surface area contributed by atoms with Crippen LogP contribution in [0.25, 0.3) is 39.3 Å². The Morgan fingerprint density at radius 2 is 1.79 bits per heavy atom. The number of anilines is 1. The largest absolute Gasteiger partial charge is 0.319 e. The number of aryl methyl sites for hydroxylation is 1. The van der Waals surface area contributed by atoms with Crippen molar-refractivity contribution in [1.29, 1.82) is 0 Å². The number of rotatable bonds is 4. The summed E-state index contributed by atoms with van der Waals surface area (Å²) in [5, 5.41) is 10.6. The van der Waals surface area contributed by atoms with Crippen LogP contribution in [-0.2, 0) is 0 Å². The van der Waals surface area contributed by atoms with Gasteiger partial charge in [0.15, 0.2) is 5.82 Å². The Hall–Kier alpha value is -4.43. The van der Waals surface area contributed by atoms with E-state index in [0.29, 0.717) is 22.2 Å². The van der Waals surface area contributed by atoms with Crippen LogP contribution in [0.15, 0.2) is 84.5 Å². The van der Waals surface area contributed by atoms with Crippen molar-refractivity contribution >= 4 is 39.6 Å². The molecule has 6 aromatic rings. The van der Waals surface area contributed by atoms with Crippen LogP contribution >= 0.6 is 11.3 Å². The van der Waals surface area contributed by atoms with Crippen LogP contribution in [-0.4, -0.2) is 30.5 Å². The fourth-order valence-corrected chi connectivity index (χ4v) is 4.69. The van der Waals surface area contributed by atoms with Gasteiger partial charge in [0, 0.05) is 28.9 Å². The number of fused-ring (bicyclic) bond motifs is 2. The Balaban J connectivity index is 1.39. The number of benzene rings is 2. The van der Waals surface area contributed by atoms with Crippen LogP contribution in [0.5, 0.6) is 0 Å². The van der Waals surface area contributed by atoms with Crippen molar-refractivity contribution < 1.29 is 4.79 Å². The first-order valence-electron chi connectivity index (χ1n) is 10.7. The molecule has 0 atom stereocenters. The summed E-state index contributed by atoms with van der Waals surface area (Å²) >= 11 is 1.38. The molecule has 164 valence electrons. The maximum atomic E-state index is 13.3. The highest BCUT2D eigenvalue weighted by atomic mass is 32.1. The van der Waals surface area contributed by atoms with Crippen molar-refractivity contribution in [3.63, 3.8) is 0 Å². The van der Waals surface area contributed by atoms with Crippen molar-refractivity contribution in [1.82, 2.24) is 24.6 Å². The number of pyridine rings is 1. The Morgan fingerprint density at radius 1 is 0.941 bits per heavy atom. The van der Waals surface area contributed by atoms with Crippen LogP contribution < -0.4 is 5.32 Å². The number of para-hydroxylation sites is 1. The van der Waals surface area contributed by atoms with E-state index in [1.165, 1.54) is 16.9 Å². The molecule has 0 bridgehead atoms. The molecule has 0 radical (unpaired) electrons. The number of nitrogens with one attached hydrogen (secondary N) is 1. The van der Waals surface area contributed by atoms with Crippen LogP contribution in [0.1, 0.15) is 15.2 Å². The van der Waals surface area contributed by atoms with Gasteiger partial charge in [-0.1, -0.05) is 48.0 Å². The van der Waals surface area contributed by atoms with Crippen molar-refractivity contribution in [2.24, 2.45) is 0 Å². The normalized spacial score (nSPS) is 11.2. The smallest absolute Gasteiger partial charge is 0.266 e. The van der Waals surface area contributed by atoms with Gasteiger partial charge >= 0.3 is 0 Å². The highest BCUT2D eigenvalue weighted by Gasteiger charge is 2.19. The summed E-state index contributed by atoms with van der Waals surface area (Å²) in [5.41, 5.74) is 5.02. The van der Waals surface area contributed by atoms with Crippen LogP contribution in [0, 0.1) is 6.92 Å². The second-order valence-corrected chi connectivity index (χ2v) is 8.76. The quantitative estimate of drug-likeness (QED) is 0.367. The van der Waals surface area contributed by atoms with Gasteiger partial charge < -0.3 is 5.32 Å². The first kappa shape index (κ1) is 20.2. The lowest BCUT2D eigenvalue weighted by Crippen LogP contribution is -2.12. The standard InChI is InChI=1S/C26H18N6OS/c1-16-7-9-18(10-8-16)24-30-26-28-14-11-21(32(26)31-24)19-12-15-34-23(19)25(33)29-20-6-2-4-17-5-3-13-27-22(17)20/h2-15H,1H3,(H,29,33). The Morgan fingerprint density at radius 3 is 2.68 bits per heavy atom. The predicted octanol–water partition coefficient (Wildman–Crippen LogP) is 5.63. The maximum absolute atomic E-state index is 13.3. The number of hydrogen-bond donors (Lipinski definition) is 1. The van der Waals surface area contributed by atoms with E-state index in [1.54, 1.807) is 16.9 Å². The molecule has 34 heavy (non-hydrogen) atoms. The van der Waals surface area contributed by atoms with E-state index >= 15 is 0 Å². The number of thiophene rings is 1. The van der Waals surface area contributed by atoms with Gasteiger partial charge in [-0.15, -0.1) is 16.4 Å². The number of aromatic nitrogens is 5. The van der Waals surface area contributed by atoms with Gasteiger partial charge in [0.25, 0.3) is 11.7 Å². The second-order valence-electron chi connectivity index (χ2n) is 7.84. The van der Waals surface area contributed by atoms with Gasteiger partial charge in [0.2, 0.25) is 0 Å². The number of hydrogen-bond acceptors (Lipinski definition) is 6. The summed E-state index contributed by atoms with van der Waals surface area (Å²) < 4.78 is 1.69. The van der Waals surface area contributed by atoms with Crippen molar-refractivity contribution in [2.45, 2.75) is 6.92 Å². The molecule has 0 unspecified atom stereocenters. The average molecular weight is 463 g/mol. The molecule has 0 fully saturated rings. The van der Waals surface area contributed by atoms with Gasteiger partial charge in [-0.2, -0.15) is 9.50 Å². The summed E-state index contributed by atoms with van der Waals surface area (Å²) in [4.78, 5) is 27.3. The number of amides is 1. The molecule has 0 saturated heterocycles. The highest BCUT2D eigenvalue weighted by Crippen LogP contribution is 2.30. The lowest BCUT2D eigenvalue weighted by Gasteiger charge is -2.09. The molecule has 1 amide bonds. The summed E-state index contributed by atoms with van der Waals surface area (Å²) in [5.74, 6) is 0.860. The van der Waals surface area contributed by atoms with Gasteiger partial charge in [0.1, 0.15) is 4.88 Å². The van der Waals surface area contributed by atoms with E-state index in [2.05, 4.69) is 20.3 Å². The van der Waals surface area contributed by atoms with E-state index in [9.17, 15) is 4.79 Å². The third-order valence-electron chi connectivity index (χ3n) is 5.58. The van der Waals surface area contributed by atoms with Gasteiger partial charge in [-0.05, 0) is 36.6 Å². The molecule has 6 rings (SSSR count). The monoisotopic (exact) mass is 462 g/mol.